The summed E-state index contributed by atoms with van der Waals surface area (Å²) in [4.78, 5) is 27.3. The average Bonchev–Trinajstić information content (AvgIpc) is 3.24. The molecule has 0 radical (unpaired) electrons. The van der Waals surface area contributed by atoms with Crippen LogP contribution in [0.15, 0.2) is 24.3 Å². The van der Waals surface area contributed by atoms with Crippen LogP contribution < -0.4 is 4.90 Å². The van der Waals surface area contributed by atoms with E-state index in [1.165, 1.54) is 11.3 Å². The van der Waals surface area contributed by atoms with Gasteiger partial charge in [0.1, 0.15) is 0 Å². The highest BCUT2D eigenvalue weighted by atomic mass is 127. The number of amides is 2. The highest BCUT2D eigenvalue weighted by molar-refractivity contribution is 14.1. The van der Waals surface area contributed by atoms with E-state index in [1.54, 1.807) is 0 Å². The van der Waals surface area contributed by atoms with E-state index in [-0.39, 0.29) is 23.7 Å². The first-order valence-electron chi connectivity index (χ1n) is 7.80. The SMILES string of the molecule is O=C1[C@@H]2[C@@H]3CC[C@@H]([C@@H]4C[C@@H]43)[C@@H]2C(=O)N1c1cccc(I)c1. The molecule has 5 aliphatic rings. The standard InChI is InChI=1S/C17H16INO2/c18-8-2-1-3-9(6-8)19-16(20)14-10-4-5-11(13-7-12(10)13)15(14)17(19)21/h1-3,6,10-15H,4-5,7H2/t10-,11+,12-,13+,14-,15+. The van der Waals surface area contributed by atoms with Gasteiger partial charge in [0.15, 0.2) is 0 Å². The Hall–Kier alpha value is -0.910. The van der Waals surface area contributed by atoms with Crippen LogP contribution in [-0.2, 0) is 9.59 Å². The van der Waals surface area contributed by atoms with Crippen LogP contribution >= 0.6 is 22.6 Å². The first-order valence-corrected chi connectivity index (χ1v) is 8.88. The van der Waals surface area contributed by atoms with Crippen LogP contribution in [-0.4, -0.2) is 11.8 Å². The molecule has 6 atom stereocenters. The number of carbonyl (C=O) groups excluding carboxylic acids is 2. The Kier molecular flexibility index (Phi) is 2.46. The van der Waals surface area contributed by atoms with Crippen molar-refractivity contribution in [2.75, 3.05) is 4.90 Å². The molecular formula is C17H16INO2. The van der Waals surface area contributed by atoms with E-state index < -0.39 is 0 Å². The van der Waals surface area contributed by atoms with Crippen molar-refractivity contribution in [2.24, 2.45) is 35.5 Å². The Labute approximate surface area is 137 Å². The molecule has 21 heavy (non-hydrogen) atoms. The van der Waals surface area contributed by atoms with E-state index in [0.717, 1.165) is 33.9 Å². The topological polar surface area (TPSA) is 37.4 Å². The lowest BCUT2D eigenvalue weighted by Gasteiger charge is -2.42. The quantitative estimate of drug-likeness (QED) is 0.543. The summed E-state index contributed by atoms with van der Waals surface area (Å²) < 4.78 is 1.06. The number of fused-ring (bicyclic) bond motifs is 1. The summed E-state index contributed by atoms with van der Waals surface area (Å²) in [5, 5.41) is 0. The zero-order valence-corrected chi connectivity index (χ0v) is 13.7. The number of rotatable bonds is 1. The molecule has 0 N–H and O–H groups in total. The number of imide groups is 1. The Bertz CT molecular complexity index is 639. The lowest BCUT2D eigenvalue weighted by atomic mass is 9.59. The summed E-state index contributed by atoms with van der Waals surface area (Å²) in [5.41, 5.74) is 0.763. The molecule has 1 heterocycles. The second kappa shape index (κ2) is 4.09. The number of benzene rings is 1. The lowest BCUT2D eigenvalue weighted by Crippen LogP contribution is -2.43. The number of hydrogen-bond donors (Lipinski definition) is 0. The Balaban J connectivity index is 1.58. The van der Waals surface area contributed by atoms with Gasteiger partial charge in [0.05, 0.1) is 17.5 Å². The Morgan fingerprint density at radius 1 is 0.952 bits per heavy atom. The molecule has 0 spiro atoms. The molecule has 5 fully saturated rings. The van der Waals surface area contributed by atoms with Crippen LogP contribution in [0.25, 0.3) is 0 Å². The van der Waals surface area contributed by atoms with Crippen LogP contribution in [0, 0.1) is 39.1 Å². The molecule has 4 saturated carbocycles. The number of hydrogen-bond acceptors (Lipinski definition) is 2. The van der Waals surface area contributed by atoms with Crippen LogP contribution in [0.5, 0.6) is 0 Å². The number of anilines is 1. The molecule has 1 aliphatic heterocycles. The predicted molar refractivity (Wildman–Crippen MR) is 86.4 cm³/mol. The lowest BCUT2D eigenvalue weighted by molar-refractivity contribution is -0.129. The highest BCUT2D eigenvalue weighted by Gasteiger charge is 2.68. The largest absolute Gasteiger partial charge is 0.274 e. The third-order valence-corrected chi connectivity index (χ3v) is 6.88. The van der Waals surface area contributed by atoms with Crippen molar-refractivity contribution in [1.82, 2.24) is 0 Å². The van der Waals surface area contributed by atoms with Crippen LogP contribution in [0.1, 0.15) is 19.3 Å². The minimum Gasteiger partial charge on any atom is -0.274 e. The summed E-state index contributed by atoms with van der Waals surface area (Å²) in [6.45, 7) is 0. The van der Waals surface area contributed by atoms with E-state index in [2.05, 4.69) is 22.6 Å². The van der Waals surface area contributed by atoms with Gasteiger partial charge in [-0.2, -0.15) is 0 Å². The molecule has 2 bridgehead atoms. The van der Waals surface area contributed by atoms with Crippen molar-refractivity contribution < 1.29 is 9.59 Å². The van der Waals surface area contributed by atoms with Gasteiger partial charge in [0, 0.05) is 3.57 Å². The van der Waals surface area contributed by atoms with E-state index >= 15 is 0 Å². The van der Waals surface area contributed by atoms with Crippen molar-refractivity contribution in [3.8, 4) is 0 Å². The molecule has 2 amide bonds. The number of nitrogens with zero attached hydrogens (tertiary/aromatic N) is 1. The molecular weight excluding hydrogens is 377 g/mol. The maximum Gasteiger partial charge on any atom is 0.237 e. The summed E-state index contributed by atoms with van der Waals surface area (Å²) in [5.74, 6) is 2.58. The first kappa shape index (κ1) is 12.6. The van der Waals surface area contributed by atoms with Crippen molar-refractivity contribution in [1.29, 1.82) is 0 Å². The fourth-order valence-electron chi connectivity index (χ4n) is 5.41. The van der Waals surface area contributed by atoms with E-state index in [0.29, 0.717) is 11.8 Å². The van der Waals surface area contributed by atoms with Gasteiger partial charge in [-0.05, 0) is 83.7 Å². The molecule has 1 saturated heterocycles. The Morgan fingerprint density at radius 3 is 2.14 bits per heavy atom. The van der Waals surface area contributed by atoms with Crippen LogP contribution in [0.3, 0.4) is 0 Å². The summed E-state index contributed by atoms with van der Waals surface area (Å²) in [6.07, 6.45) is 3.59. The molecule has 3 nitrogen and oxygen atoms in total. The molecule has 0 aromatic heterocycles. The third kappa shape index (κ3) is 1.54. The smallest absolute Gasteiger partial charge is 0.237 e. The molecule has 1 aromatic carbocycles. The number of halogens is 1. The van der Waals surface area contributed by atoms with Gasteiger partial charge in [-0.1, -0.05) is 6.07 Å². The molecule has 1 aromatic rings. The Morgan fingerprint density at radius 2 is 1.57 bits per heavy atom. The van der Waals surface area contributed by atoms with Crippen molar-refractivity contribution in [2.45, 2.75) is 19.3 Å². The fourth-order valence-corrected chi connectivity index (χ4v) is 5.93. The van der Waals surface area contributed by atoms with Crippen LogP contribution in [0.2, 0.25) is 0 Å². The molecule has 4 aliphatic carbocycles. The molecule has 6 rings (SSSR count). The summed E-state index contributed by atoms with van der Waals surface area (Å²) in [7, 11) is 0. The predicted octanol–water partition coefficient (Wildman–Crippen LogP) is 3.07. The van der Waals surface area contributed by atoms with Crippen molar-refractivity contribution in [3.63, 3.8) is 0 Å². The summed E-state index contributed by atoms with van der Waals surface area (Å²) in [6, 6.07) is 7.74. The van der Waals surface area contributed by atoms with Crippen molar-refractivity contribution >= 4 is 40.1 Å². The van der Waals surface area contributed by atoms with Gasteiger partial charge in [-0.15, -0.1) is 0 Å². The highest BCUT2D eigenvalue weighted by Crippen LogP contribution is 2.68. The van der Waals surface area contributed by atoms with E-state index in [9.17, 15) is 9.59 Å². The molecule has 0 unspecified atom stereocenters. The first-order chi connectivity index (χ1) is 10.2. The van der Waals surface area contributed by atoms with Crippen molar-refractivity contribution in [3.05, 3.63) is 27.8 Å². The van der Waals surface area contributed by atoms with Gasteiger partial charge in [-0.3, -0.25) is 14.5 Å². The third-order valence-electron chi connectivity index (χ3n) is 6.21. The van der Waals surface area contributed by atoms with E-state index in [1.807, 2.05) is 24.3 Å². The van der Waals surface area contributed by atoms with Gasteiger partial charge in [0.2, 0.25) is 11.8 Å². The molecule has 4 heteroatoms. The zero-order valence-electron chi connectivity index (χ0n) is 11.5. The maximum absolute atomic E-state index is 12.9. The van der Waals surface area contributed by atoms with Crippen LogP contribution in [0.4, 0.5) is 5.69 Å². The van der Waals surface area contributed by atoms with Gasteiger partial charge in [-0.25, -0.2) is 0 Å². The second-order valence-electron chi connectivity index (χ2n) is 7.01. The van der Waals surface area contributed by atoms with Gasteiger partial charge < -0.3 is 0 Å². The minimum atomic E-state index is -0.0159. The van der Waals surface area contributed by atoms with Gasteiger partial charge >= 0.3 is 0 Å². The molecule has 108 valence electrons. The zero-order chi connectivity index (χ0) is 14.3. The second-order valence-corrected chi connectivity index (χ2v) is 8.26. The van der Waals surface area contributed by atoms with E-state index in [4.69, 9.17) is 0 Å². The minimum absolute atomic E-state index is 0.0159. The number of carbonyl (C=O) groups is 2. The van der Waals surface area contributed by atoms with Gasteiger partial charge in [0.25, 0.3) is 0 Å². The normalized spacial score (nSPS) is 43.0. The fraction of sp³-hybridized carbons (Fsp3) is 0.529. The average molecular weight is 393 g/mol. The maximum atomic E-state index is 12.9. The monoisotopic (exact) mass is 393 g/mol. The summed E-state index contributed by atoms with van der Waals surface area (Å²) >= 11 is 2.23.